The first kappa shape index (κ1) is 15.1. The van der Waals surface area contributed by atoms with E-state index in [4.69, 9.17) is 0 Å². The predicted molar refractivity (Wildman–Crippen MR) is 94.2 cm³/mol. The fourth-order valence-electron chi connectivity index (χ4n) is 2.48. The molecule has 1 aromatic heterocycles. The quantitative estimate of drug-likeness (QED) is 0.742. The molecule has 1 amide bonds. The van der Waals surface area contributed by atoms with Crippen molar-refractivity contribution in [2.45, 2.75) is 11.7 Å². The molecule has 1 saturated heterocycles. The highest BCUT2D eigenvalue weighted by Gasteiger charge is 2.23. The highest BCUT2D eigenvalue weighted by Crippen LogP contribution is 2.36. The minimum absolute atomic E-state index is 0.142. The van der Waals surface area contributed by atoms with Crippen molar-refractivity contribution in [3.63, 3.8) is 0 Å². The Kier molecular flexibility index (Phi) is 5.03. The molecule has 5 heteroatoms. The highest BCUT2D eigenvalue weighted by atomic mass is 79.9. The van der Waals surface area contributed by atoms with Gasteiger partial charge in [-0.25, -0.2) is 0 Å². The van der Waals surface area contributed by atoms with E-state index in [1.54, 1.807) is 0 Å². The molecular weight excluding hydrogens is 366 g/mol. The number of thioether (sulfide) groups is 1. The number of hydrogen-bond donors (Lipinski definition) is 0. The van der Waals surface area contributed by atoms with E-state index in [-0.39, 0.29) is 5.91 Å². The molecule has 1 aliphatic heterocycles. The van der Waals surface area contributed by atoms with Crippen LogP contribution in [0.5, 0.6) is 0 Å². The van der Waals surface area contributed by atoms with Gasteiger partial charge in [-0.15, -0.1) is 11.3 Å². The molecule has 110 valence electrons. The number of nitrogens with zero attached hydrogens (tertiary/aromatic N) is 1. The number of carbonyl (C=O) groups excluding carboxylic acids is 1. The average molecular weight is 382 g/mol. The lowest BCUT2D eigenvalue weighted by Crippen LogP contribution is -2.32. The van der Waals surface area contributed by atoms with Gasteiger partial charge in [0.25, 0.3) is 5.91 Å². The van der Waals surface area contributed by atoms with E-state index in [1.807, 2.05) is 52.3 Å². The van der Waals surface area contributed by atoms with E-state index in [1.165, 1.54) is 4.88 Å². The van der Waals surface area contributed by atoms with E-state index in [0.29, 0.717) is 5.25 Å². The van der Waals surface area contributed by atoms with Crippen LogP contribution in [0.2, 0.25) is 0 Å². The van der Waals surface area contributed by atoms with Gasteiger partial charge >= 0.3 is 0 Å². The summed E-state index contributed by atoms with van der Waals surface area (Å²) >= 11 is 7.22. The van der Waals surface area contributed by atoms with E-state index in [0.717, 1.165) is 35.3 Å². The number of amides is 1. The summed E-state index contributed by atoms with van der Waals surface area (Å²) in [5.41, 5.74) is 0.768. The number of halogens is 1. The lowest BCUT2D eigenvalue weighted by atomic mass is 10.2. The van der Waals surface area contributed by atoms with Crippen LogP contribution in [0.15, 0.2) is 46.3 Å². The number of thiophene rings is 1. The lowest BCUT2D eigenvalue weighted by Gasteiger charge is -2.20. The Labute approximate surface area is 141 Å². The zero-order valence-electron chi connectivity index (χ0n) is 11.5. The van der Waals surface area contributed by atoms with Gasteiger partial charge in [0, 0.05) is 39.0 Å². The van der Waals surface area contributed by atoms with Crippen LogP contribution in [0.3, 0.4) is 0 Å². The number of benzene rings is 1. The summed E-state index contributed by atoms with van der Waals surface area (Å²) < 4.78 is 0.953. The van der Waals surface area contributed by atoms with E-state index >= 15 is 0 Å². The smallest absolute Gasteiger partial charge is 0.253 e. The van der Waals surface area contributed by atoms with Crippen LogP contribution >= 0.6 is 39.0 Å². The maximum absolute atomic E-state index is 12.6. The molecule has 2 nitrogen and oxygen atoms in total. The molecule has 1 unspecified atom stereocenters. The second-order valence-electron chi connectivity index (χ2n) is 4.97. The summed E-state index contributed by atoms with van der Waals surface area (Å²) in [4.78, 5) is 16.0. The minimum atomic E-state index is 0.142. The van der Waals surface area contributed by atoms with Gasteiger partial charge in [0.2, 0.25) is 0 Å². The van der Waals surface area contributed by atoms with Crippen molar-refractivity contribution in [1.29, 1.82) is 0 Å². The van der Waals surface area contributed by atoms with Crippen molar-refractivity contribution in [2.24, 2.45) is 0 Å². The SMILES string of the molecule is O=C(c1cccc(Br)c1)N1CCSC(c2cccs2)CC1. The van der Waals surface area contributed by atoms with Crippen LogP contribution in [0, 0.1) is 0 Å². The zero-order chi connectivity index (χ0) is 14.7. The summed E-state index contributed by atoms with van der Waals surface area (Å²) in [6.45, 7) is 1.67. The maximum Gasteiger partial charge on any atom is 0.253 e. The molecule has 0 saturated carbocycles. The van der Waals surface area contributed by atoms with Crippen molar-refractivity contribution in [3.05, 3.63) is 56.7 Å². The first-order chi connectivity index (χ1) is 10.2. The normalized spacial score (nSPS) is 19.3. The molecular formula is C16H16BrNOS2. The van der Waals surface area contributed by atoms with Crippen molar-refractivity contribution in [1.82, 2.24) is 4.90 Å². The Balaban J connectivity index is 1.69. The third-order valence-electron chi connectivity index (χ3n) is 3.56. The summed E-state index contributed by atoms with van der Waals surface area (Å²) in [7, 11) is 0. The largest absolute Gasteiger partial charge is 0.338 e. The number of hydrogen-bond acceptors (Lipinski definition) is 3. The molecule has 0 N–H and O–H groups in total. The van der Waals surface area contributed by atoms with Crippen LogP contribution in [-0.2, 0) is 0 Å². The number of rotatable bonds is 2. The zero-order valence-corrected chi connectivity index (χ0v) is 14.7. The van der Waals surface area contributed by atoms with Gasteiger partial charge < -0.3 is 4.90 Å². The topological polar surface area (TPSA) is 20.3 Å². The Morgan fingerprint density at radius 2 is 2.14 bits per heavy atom. The molecule has 2 heterocycles. The van der Waals surface area contributed by atoms with E-state index in [9.17, 15) is 4.79 Å². The number of carbonyl (C=O) groups is 1. The van der Waals surface area contributed by atoms with Gasteiger partial charge in [-0.05, 0) is 36.1 Å². The van der Waals surface area contributed by atoms with Crippen LogP contribution < -0.4 is 0 Å². The van der Waals surface area contributed by atoms with Crippen LogP contribution in [0.1, 0.15) is 26.9 Å². The predicted octanol–water partition coefficient (Wildman–Crippen LogP) is 4.83. The van der Waals surface area contributed by atoms with Crippen LogP contribution in [0.4, 0.5) is 0 Å². The monoisotopic (exact) mass is 381 g/mol. The molecule has 1 aliphatic rings. The van der Waals surface area contributed by atoms with Crippen molar-refractivity contribution in [2.75, 3.05) is 18.8 Å². The summed E-state index contributed by atoms with van der Waals surface area (Å²) in [5, 5.41) is 2.66. The summed E-state index contributed by atoms with van der Waals surface area (Å²) in [5.74, 6) is 1.14. The molecule has 1 fully saturated rings. The van der Waals surface area contributed by atoms with E-state index in [2.05, 4.69) is 33.4 Å². The second kappa shape index (κ2) is 6.99. The molecule has 0 aliphatic carbocycles. The minimum Gasteiger partial charge on any atom is -0.338 e. The van der Waals surface area contributed by atoms with Gasteiger partial charge in [0.05, 0.1) is 0 Å². The molecule has 1 atom stereocenters. The third-order valence-corrected chi connectivity index (χ3v) is 6.50. The Hall–Kier alpha value is -0.780. The highest BCUT2D eigenvalue weighted by molar-refractivity contribution is 9.10. The van der Waals surface area contributed by atoms with Crippen molar-refractivity contribution in [3.8, 4) is 0 Å². The van der Waals surface area contributed by atoms with Crippen LogP contribution in [0.25, 0.3) is 0 Å². The molecule has 0 spiro atoms. The van der Waals surface area contributed by atoms with Crippen molar-refractivity contribution >= 4 is 44.9 Å². The Morgan fingerprint density at radius 1 is 1.24 bits per heavy atom. The second-order valence-corrected chi connectivity index (χ2v) is 8.17. The van der Waals surface area contributed by atoms with Gasteiger partial charge in [0.1, 0.15) is 0 Å². The summed E-state index contributed by atoms with van der Waals surface area (Å²) in [6, 6.07) is 12.0. The fourth-order valence-corrected chi connectivity index (χ4v) is 5.12. The molecule has 0 radical (unpaired) electrons. The summed E-state index contributed by atoms with van der Waals surface area (Å²) in [6.07, 6.45) is 1.03. The molecule has 2 aromatic rings. The van der Waals surface area contributed by atoms with Gasteiger partial charge in [-0.3, -0.25) is 4.79 Å². The molecule has 3 rings (SSSR count). The van der Waals surface area contributed by atoms with E-state index < -0.39 is 0 Å². The first-order valence-electron chi connectivity index (χ1n) is 6.94. The molecule has 0 bridgehead atoms. The maximum atomic E-state index is 12.6. The molecule has 1 aromatic carbocycles. The average Bonchev–Trinajstić information content (AvgIpc) is 2.91. The Bertz CT molecular complexity index is 614. The Morgan fingerprint density at radius 3 is 2.90 bits per heavy atom. The molecule has 21 heavy (non-hydrogen) atoms. The third kappa shape index (κ3) is 3.71. The first-order valence-corrected chi connectivity index (χ1v) is 9.66. The van der Waals surface area contributed by atoms with Gasteiger partial charge in [0.15, 0.2) is 0 Å². The van der Waals surface area contributed by atoms with Crippen LogP contribution in [-0.4, -0.2) is 29.6 Å². The van der Waals surface area contributed by atoms with Gasteiger partial charge in [-0.1, -0.05) is 28.1 Å². The van der Waals surface area contributed by atoms with Crippen molar-refractivity contribution < 1.29 is 4.79 Å². The van der Waals surface area contributed by atoms with Gasteiger partial charge in [-0.2, -0.15) is 11.8 Å². The lowest BCUT2D eigenvalue weighted by molar-refractivity contribution is 0.0766. The standard InChI is InChI=1S/C16H16BrNOS2/c17-13-4-1-3-12(11-13)16(19)18-7-6-15(21-10-8-18)14-5-2-9-20-14/h1-5,9,11,15H,6-8,10H2. The fraction of sp³-hybridized carbons (Fsp3) is 0.312.